The van der Waals surface area contributed by atoms with Gasteiger partial charge in [-0.3, -0.25) is 0 Å². The quantitative estimate of drug-likeness (QED) is 0.756. The zero-order valence-electron chi connectivity index (χ0n) is 15.3. The Morgan fingerprint density at radius 3 is 1.92 bits per heavy atom. The molecular formula is C20H24O5. The van der Waals surface area contributed by atoms with Gasteiger partial charge in [-0.1, -0.05) is 19.1 Å². The van der Waals surface area contributed by atoms with Crippen LogP contribution in [-0.2, 0) is 0 Å². The fourth-order valence-electron chi connectivity index (χ4n) is 2.67. The fourth-order valence-corrected chi connectivity index (χ4v) is 2.67. The lowest BCUT2D eigenvalue weighted by atomic mass is 9.99. The molecule has 5 heteroatoms. The first-order valence-corrected chi connectivity index (χ1v) is 7.95. The van der Waals surface area contributed by atoms with Crippen molar-refractivity contribution in [1.29, 1.82) is 0 Å². The average molecular weight is 344 g/mol. The van der Waals surface area contributed by atoms with Crippen molar-refractivity contribution in [3.05, 3.63) is 41.5 Å². The Bertz CT molecular complexity index is 740. The normalized spacial score (nSPS) is 11.2. The molecule has 0 aliphatic rings. The molecule has 0 heterocycles. The van der Waals surface area contributed by atoms with Crippen LogP contribution in [-0.4, -0.2) is 33.5 Å². The summed E-state index contributed by atoms with van der Waals surface area (Å²) in [6, 6.07) is 9.15. The Kier molecular flexibility index (Phi) is 6.17. The van der Waals surface area contributed by atoms with E-state index in [1.807, 2.05) is 24.3 Å². The molecule has 0 saturated heterocycles. The second-order valence-corrected chi connectivity index (χ2v) is 5.37. The van der Waals surface area contributed by atoms with Crippen molar-refractivity contribution in [1.82, 2.24) is 0 Å². The molecule has 2 aromatic rings. The van der Waals surface area contributed by atoms with Crippen LogP contribution in [0.25, 0.3) is 11.6 Å². The number of allylic oxidation sites excluding steroid dienone is 1. The van der Waals surface area contributed by atoms with E-state index in [2.05, 4.69) is 6.92 Å². The van der Waals surface area contributed by atoms with Crippen LogP contribution in [0.15, 0.2) is 30.3 Å². The minimum absolute atomic E-state index is 0.115. The van der Waals surface area contributed by atoms with Gasteiger partial charge in [0, 0.05) is 0 Å². The molecule has 1 N–H and O–H groups in total. The van der Waals surface area contributed by atoms with Crippen molar-refractivity contribution < 1.29 is 24.1 Å². The van der Waals surface area contributed by atoms with Gasteiger partial charge in [0.2, 0.25) is 5.75 Å². The predicted molar refractivity (Wildman–Crippen MR) is 98.9 cm³/mol. The highest BCUT2D eigenvalue weighted by molar-refractivity contribution is 5.83. The van der Waals surface area contributed by atoms with Crippen molar-refractivity contribution in [3.63, 3.8) is 0 Å². The highest BCUT2D eigenvalue weighted by Crippen LogP contribution is 2.39. The number of ether oxygens (including phenoxy) is 4. The topological polar surface area (TPSA) is 57.2 Å². The molecule has 0 spiro atoms. The molecule has 0 amide bonds. The highest BCUT2D eigenvalue weighted by Gasteiger charge is 2.13. The number of rotatable bonds is 7. The zero-order valence-corrected chi connectivity index (χ0v) is 15.3. The number of hydrogen-bond acceptors (Lipinski definition) is 5. The summed E-state index contributed by atoms with van der Waals surface area (Å²) in [4.78, 5) is 0. The molecule has 5 nitrogen and oxygen atoms in total. The summed E-state index contributed by atoms with van der Waals surface area (Å²) in [5.74, 6) is 2.32. The van der Waals surface area contributed by atoms with Gasteiger partial charge in [-0.2, -0.15) is 0 Å². The minimum Gasteiger partial charge on any atom is -0.504 e. The summed E-state index contributed by atoms with van der Waals surface area (Å²) in [5, 5.41) is 10.0. The van der Waals surface area contributed by atoms with E-state index in [1.165, 1.54) is 7.11 Å². The van der Waals surface area contributed by atoms with Crippen molar-refractivity contribution >= 4 is 11.6 Å². The molecule has 0 fully saturated rings. The van der Waals surface area contributed by atoms with Crippen LogP contribution >= 0.6 is 0 Å². The molecule has 0 aliphatic heterocycles. The molecule has 134 valence electrons. The maximum absolute atomic E-state index is 10.0. The molecule has 25 heavy (non-hydrogen) atoms. The van der Waals surface area contributed by atoms with Crippen molar-refractivity contribution in [2.75, 3.05) is 28.4 Å². The smallest absolute Gasteiger partial charge is 0.203 e. The summed E-state index contributed by atoms with van der Waals surface area (Å²) in [7, 11) is 6.29. The molecule has 2 aromatic carbocycles. The Balaban J connectivity index is 2.50. The van der Waals surface area contributed by atoms with Gasteiger partial charge in [-0.05, 0) is 47.4 Å². The first-order valence-electron chi connectivity index (χ1n) is 7.95. The van der Waals surface area contributed by atoms with Gasteiger partial charge in [0.25, 0.3) is 0 Å². The maximum atomic E-state index is 10.0. The van der Waals surface area contributed by atoms with Crippen LogP contribution in [0.3, 0.4) is 0 Å². The number of phenols is 1. The van der Waals surface area contributed by atoms with Gasteiger partial charge < -0.3 is 24.1 Å². The minimum atomic E-state index is 0.115. The van der Waals surface area contributed by atoms with E-state index < -0.39 is 0 Å². The van der Waals surface area contributed by atoms with E-state index >= 15 is 0 Å². The van der Waals surface area contributed by atoms with Gasteiger partial charge >= 0.3 is 0 Å². The second-order valence-electron chi connectivity index (χ2n) is 5.37. The SMILES string of the molecule is CC/C(=C/c1cc(OC)c(OC)c(OC)c1)c1ccc(OC)c(O)c1. The van der Waals surface area contributed by atoms with Gasteiger partial charge in [0.1, 0.15) is 0 Å². The molecule has 0 bridgehead atoms. The Hall–Kier alpha value is -2.82. The number of hydrogen-bond donors (Lipinski definition) is 1. The van der Waals surface area contributed by atoms with Crippen LogP contribution in [0.4, 0.5) is 0 Å². The largest absolute Gasteiger partial charge is 0.504 e. The van der Waals surface area contributed by atoms with Crippen molar-refractivity contribution in [2.45, 2.75) is 13.3 Å². The van der Waals surface area contributed by atoms with Crippen LogP contribution in [0.1, 0.15) is 24.5 Å². The van der Waals surface area contributed by atoms with E-state index in [9.17, 15) is 5.11 Å². The average Bonchev–Trinajstić information content (AvgIpc) is 2.64. The van der Waals surface area contributed by atoms with Gasteiger partial charge in [0.05, 0.1) is 28.4 Å². The second kappa shape index (κ2) is 8.33. The van der Waals surface area contributed by atoms with Crippen LogP contribution < -0.4 is 18.9 Å². The van der Waals surface area contributed by atoms with Crippen LogP contribution in [0.2, 0.25) is 0 Å². The van der Waals surface area contributed by atoms with Crippen LogP contribution in [0, 0.1) is 0 Å². The Labute approximate surface area is 148 Å². The molecule has 0 aromatic heterocycles. The van der Waals surface area contributed by atoms with E-state index in [4.69, 9.17) is 18.9 Å². The highest BCUT2D eigenvalue weighted by atomic mass is 16.5. The third kappa shape index (κ3) is 3.99. The Morgan fingerprint density at radius 1 is 0.880 bits per heavy atom. The van der Waals surface area contributed by atoms with E-state index in [-0.39, 0.29) is 5.75 Å². The number of phenolic OH excluding ortho intramolecular Hbond substituents is 1. The molecule has 0 atom stereocenters. The molecular weight excluding hydrogens is 320 g/mol. The maximum Gasteiger partial charge on any atom is 0.203 e. The number of aromatic hydroxyl groups is 1. The van der Waals surface area contributed by atoms with Gasteiger partial charge in [0.15, 0.2) is 23.0 Å². The molecule has 0 aliphatic carbocycles. The lowest BCUT2D eigenvalue weighted by molar-refractivity contribution is 0.324. The monoisotopic (exact) mass is 344 g/mol. The third-order valence-electron chi connectivity index (χ3n) is 3.96. The summed E-state index contributed by atoms with van der Waals surface area (Å²) < 4.78 is 21.3. The molecule has 2 rings (SSSR count). The molecule has 0 unspecified atom stereocenters. The summed E-state index contributed by atoms with van der Waals surface area (Å²) >= 11 is 0. The number of benzene rings is 2. The first kappa shape index (κ1) is 18.5. The van der Waals surface area contributed by atoms with Crippen LogP contribution in [0.5, 0.6) is 28.7 Å². The fraction of sp³-hybridized carbons (Fsp3) is 0.300. The van der Waals surface area contributed by atoms with Gasteiger partial charge in [-0.25, -0.2) is 0 Å². The lowest BCUT2D eigenvalue weighted by Gasteiger charge is -2.14. The molecule has 0 saturated carbocycles. The van der Waals surface area contributed by atoms with E-state index in [0.29, 0.717) is 23.0 Å². The zero-order chi connectivity index (χ0) is 18.4. The molecule has 0 radical (unpaired) electrons. The summed E-state index contributed by atoms with van der Waals surface area (Å²) in [6.45, 7) is 2.06. The summed E-state index contributed by atoms with van der Waals surface area (Å²) in [5.41, 5.74) is 2.91. The third-order valence-corrected chi connectivity index (χ3v) is 3.96. The predicted octanol–water partition coefficient (Wildman–Crippen LogP) is 4.38. The van der Waals surface area contributed by atoms with Gasteiger partial charge in [-0.15, -0.1) is 0 Å². The Morgan fingerprint density at radius 2 is 1.48 bits per heavy atom. The lowest BCUT2D eigenvalue weighted by Crippen LogP contribution is -1.96. The number of methoxy groups -OCH3 is 4. The first-order chi connectivity index (χ1) is 12.1. The van der Waals surface area contributed by atoms with Crippen molar-refractivity contribution in [3.8, 4) is 28.7 Å². The van der Waals surface area contributed by atoms with Crippen molar-refractivity contribution in [2.24, 2.45) is 0 Å². The van der Waals surface area contributed by atoms with E-state index in [0.717, 1.165) is 23.1 Å². The summed E-state index contributed by atoms with van der Waals surface area (Å²) in [6.07, 6.45) is 2.83. The standard InChI is InChI=1S/C20H24O5/c1-6-14(15-7-8-17(22-2)16(21)12-15)9-13-10-18(23-3)20(25-5)19(11-13)24-4/h7-12,21H,6H2,1-5H3/b14-9-. The van der Waals surface area contributed by atoms with E-state index in [1.54, 1.807) is 33.5 Å².